The summed E-state index contributed by atoms with van der Waals surface area (Å²) in [4.78, 5) is 34.5. The number of nitro benzene ring substituents is 1. The molecule has 2 aromatic rings. The normalized spacial score (nSPS) is 13.8. The van der Waals surface area contributed by atoms with Gasteiger partial charge in [-0.15, -0.1) is 0 Å². The molecular weight excluding hydrogens is 348 g/mol. The molecule has 3 amide bonds. The number of nitrogens with one attached hydrogen (secondary N) is 3. The molecule has 0 bridgehead atoms. The largest absolute Gasteiger partial charge is 0.349 e. The first kappa shape index (κ1) is 18.4. The molecule has 1 saturated carbocycles. The molecule has 0 atom stereocenters. The van der Waals surface area contributed by atoms with Gasteiger partial charge >= 0.3 is 6.03 Å². The van der Waals surface area contributed by atoms with Crippen LogP contribution in [0.25, 0.3) is 0 Å². The number of carbonyl (C=O) groups excluding carboxylic acids is 2. The summed E-state index contributed by atoms with van der Waals surface area (Å²) in [6, 6.07) is 12.0. The fourth-order valence-corrected chi connectivity index (χ4v) is 3.03. The van der Waals surface area contributed by atoms with E-state index < -0.39 is 11.0 Å². The van der Waals surface area contributed by atoms with Gasteiger partial charge < -0.3 is 16.0 Å². The average Bonchev–Trinajstić information content (AvgIpc) is 3.15. The highest BCUT2D eigenvalue weighted by atomic mass is 16.6. The second kappa shape index (κ2) is 8.31. The predicted molar refractivity (Wildman–Crippen MR) is 102 cm³/mol. The van der Waals surface area contributed by atoms with Gasteiger partial charge in [-0.1, -0.05) is 18.9 Å². The van der Waals surface area contributed by atoms with Crippen molar-refractivity contribution in [1.29, 1.82) is 0 Å². The van der Waals surface area contributed by atoms with Crippen LogP contribution >= 0.6 is 0 Å². The molecule has 0 heterocycles. The Labute approximate surface area is 156 Å². The molecule has 8 heteroatoms. The van der Waals surface area contributed by atoms with Crippen LogP contribution < -0.4 is 16.0 Å². The first-order valence-corrected chi connectivity index (χ1v) is 8.74. The second-order valence-corrected chi connectivity index (χ2v) is 6.42. The zero-order chi connectivity index (χ0) is 19.2. The van der Waals surface area contributed by atoms with Crippen LogP contribution in [0.15, 0.2) is 48.5 Å². The van der Waals surface area contributed by atoms with Crippen molar-refractivity contribution in [2.75, 3.05) is 10.6 Å². The van der Waals surface area contributed by atoms with E-state index in [9.17, 15) is 19.7 Å². The molecule has 0 spiro atoms. The number of hydrogen-bond donors (Lipinski definition) is 3. The Morgan fingerprint density at radius 3 is 2.30 bits per heavy atom. The topological polar surface area (TPSA) is 113 Å². The van der Waals surface area contributed by atoms with Gasteiger partial charge in [0.05, 0.1) is 4.92 Å². The van der Waals surface area contributed by atoms with E-state index in [1.54, 1.807) is 30.3 Å². The summed E-state index contributed by atoms with van der Waals surface area (Å²) in [6.07, 6.45) is 4.33. The Morgan fingerprint density at radius 2 is 1.63 bits per heavy atom. The van der Waals surface area contributed by atoms with Crippen molar-refractivity contribution >= 4 is 29.0 Å². The second-order valence-electron chi connectivity index (χ2n) is 6.42. The molecule has 1 aliphatic carbocycles. The summed E-state index contributed by atoms with van der Waals surface area (Å²) >= 11 is 0. The highest BCUT2D eigenvalue weighted by molar-refractivity contribution is 6.00. The van der Waals surface area contributed by atoms with Crippen LogP contribution in [0.1, 0.15) is 36.0 Å². The number of hydrogen-bond acceptors (Lipinski definition) is 4. The van der Waals surface area contributed by atoms with E-state index in [4.69, 9.17) is 0 Å². The number of non-ortho nitro benzene ring substituents is 1. The van der Waals surface area contributed by atoms with Gasteiger partial charge in [0.2, 0.25) is 0 Å². The third kappa shape index (κ3) is 5.04. The molecular formula is C19H20N4O4. The summed E-state index contributed by atoms with van der Waals surface area (Å²) in [5.74, 6) is -0.116. The van der Waals surface area contributed by atoms with E-state index in [0.29, 0.717) is 16.9 Å². The van der Waals surface area contributed by atoms with Gasteiger partial charge in [0.1, 0.15) is 0 Å². The molecule has 0 unspecified atom stereocenters. The summed E-state index contributed by atoms with van der Waals surface area (Å²) in [6.45, 7) is 0. The minimum absolute atomic E-state index is 0.106. The molecule has 0 aliphatic heterocycles. The Hall–Kier alpha value is -3.42. The minimum atomic E-state index is -0.529. The van der Waals surface area contributed by atoms with Gasteiger partial charge in [-0.05, 0) is 43.2 Å². The first-order chi connectivity index (χ1) is 13.0. The van der Waals surface area contributed by atoms with E-state index in [1.165, 1.54) is 18.2 Å². The van der Waals surface area contributed by atoms with E-state index in [0.717, 1.165) is 25.7 Å². The van der Waals surface area contributed by atoms with Gasteiger partial charge in [-0.3, -0.25) is 14.9 Å². The Kier molecular flexibility index (Phi) is 5.65. The lowest BCUT2D eigenvalue weighted by atomic mass is 10.1. The van der Waals surface area contributed by atoms with Gasteiger partial charge in [0.25, 0.3) is 11.6 Å². The number of urea groups is 1. The van der Waals surface area contributed by atoms with Crippen molar-refractivity contribution in [2.45, 2.75) is 31.7 Å². The van der Waals surface area contributed by atoms with Gasteiger partial charge in [-0.2, -0.15) is 0 Å². The summed E-state index contributed by atoms with van der Waals surface area (Å²) < 4.78 is 0. The molecule has 3 rings (SSSR count). The number of carbonyl (C=O) groups is 2. The van der Waals surface area contributed by atoms with Crippen molar-refractivity contribution < 1.29 is 14.5 Å². The fraction of sp³-hybridized carbons (Fsp3) is 0.263. The van der Waals surface area contributed by atoms with Gasteiger partial charge in [0, 0.05) is 35.1 Å². The molecule has 1 aliphatic rings. The summed E-state index contributed by atoms with van der Waals surface area (Å²) in [7, 11) is 0. The number of nitrogens with zero attached hydrogens (tertiary/aromatic N) is 1. The van der Waals surface area contributed by atoms with Crippen LogP contribution in [0, 0.1) is 10.1 Å². The number of nitro groups is 1. The molecule has 1 fully saturated rings. The number of benzene rings is 2. The van der Waals surface area contributed by atoms with E-state index in [1.807, 2.05) is 0 Å². The van der Waals surface area contributed by atoms with Crippen LogP contribution in [0.4, 0.5) is 21.9 Å². The maximum Gasteiger partial charge on any atom is 0.323 e. The predicted octanol–water partition coefficient (Wildman–Crippen LogP) is 3.91. The number of anilines is 2. The highest BCUT2D eigenvalue weighted by Gasteiger charge is 2.18. The zero-order valence-electron chi connectivity index (χ0n) is 14.6. The Balaban J connectivity index is 1.55. The summed E-state index contributed by atoms with van der Waals surface area (Å²) in [5.41, 5.74) is 1.25. The van der Waals surface area contributed by atoms with E-state index in [-0.39, 0.29) is 17.6 Å². The maximum atomic E-state index is 12.2. The molecule has 8 nitrogen and oxygen atoms in total. The molecule has 27 heavy (non-hydrogen) atoms. The average molecular weight is 368 g/mol. The molecule has 3 N–H and O–H groups in total. The first-order valence-electron chi connectivity index (χ1n) is 8.74. The standard InChI is InChI=1S/C19H20N4O4/c24-18(20-14-4-1-2-5-14)13-8-10-15(11-9-13)21-19(25)22-16-6-3-7-17(12-16)23(26)27/h3,6-12,14H,1-2,4-5H2,(H,20,24)(H2,21,22,25). The summed E-state index contributed by atoms with van der Waals surface area (Å²) in [5, 5.41) is 18.9. The quantitative estimate of drug-likeness (QED) is 0.548. The van der Waals surface area contributed by atoms with E-state index in [2.05, 4.69) is 16.0 Å². The molecule has 0 radical (unpaired) electrons. The van der Waals surface area contributed by atoms with Crippen molar-refractivity contribution in [3.63, 3.8) is 0 Å². The lowest BCUT2D eigenvalue weighted by molar-refractivity contribution is -0.384. The van der Waals surface area contributed by atoms with Crippen molar-refractivity contribution in [2.24, 2.45) is 0 Å². The van der Waals surface area contributed by atoms with Crippen molar-refractivity contribution in [1.82, 2.24) is 5.32 Å². The Bertz CT molecular complexity index is 845. The highest BCUT2D eigenvalue weighted by Crippen LogP contribution is 2.19. The molecule has 0 aromatic heterocycles. The number of amides is 3. The van der Waals surface area contributed by atoms with E-state index >= 15 is 0 Å². The Morgan fingerprint density at radius 1 is 0.963 bits per heavy atom. The van der Waals surface area contributed by atoms with Crippen LogP contribution in [-0.4, -0.2) is 22.9 Å². The van der Waals surface area contributed by atoms with Crippen LogP contribution in [0.2, 0.25) is 0 Å². The smallest absolute Gasteiger partial charge is 0.323 e. The van der Waals surface area contributed by atoms with Gasteiger partial charge in [-0.25, -0.2) is 4.79 Å². The molecule has 2 aromatic carbocycles. The lowest BCUT2D eigenvalue weighted by Crippen LogP contribution is -2.32. The maximum absolute atomic E-state index is 12.2. The van der Waals surface area contributed by atoms with Crippen molar-refractivity contribution in [3.05, 3.63) is 64.2 Å². The molecule has 0 saturated heterocycles. The SMILES string of the molecule is O=C(Nc1ccc(C(=O)NC2CCCC2)cc1)Nc1cccc([N+](=O)[O-])c1. The molecule has 140 valence electrons. The fourth-order valence-electron chi connectivity index (χ4n) is 3.03. The number of rotatable bonds is 5. The third-order valence-electron chi connectivity index (χ3n) is 4.41. The minimum Gasteiger partial charge on any atom is -0.349 e. The van der Waals surface area contributed by atoms with Crippen LogP contribution in [-0.2, 0) is 0 Å². The zero-order valence-corrected chi connectivity index (χ0v) is 14.6. The van der Waals surface area contributed by atoms with Crippen LogP contribution in [0.5, 0.6) is 0 Å². The van der Waals surface area contributed by atoms with Crippen molar-refractivity contribution in [3.8, 4) is 0 Å². The van der Waals surface area contributed by atoms with Gasteiger partial charge in [0.15, 0.2) is 0 Å². The van der Waals surface area contributed by atoms with Crippen LogP contribution in [0.3, 0.4) is 0 Å². The lowest BCUT2D eigenvalue weighted by Gasteiger charge is -2.12. The monoisotopic (exact) mass is 368 g/mol. The third-order valence-corrected chi connectivity index (χ3v) is 4.41.